The number of nitrogens with zero attached hydrogens (tertiary/aromatic N) is 2. The van der Waals surface area contributed by atoms with Crippen molar-refractivity contribution in [3.05, 3.63) is 72.1 Å². The topological polar surface area (TPSA) is 27.3 Å². The van der Waals surface area contributed by atoms with Crippen LogP contribution in [0.2, 0.25) is 0 Å². The van der Waals surface area contributed by atoms with Crippen LogP contribution in [0, 0.1) is 0 Å². The van der Waals surface area contributed by atoms with Gasteiger partial charge < -0.3 is 9.47 Å². The van der Waals surface area contributed by atoms with Crippen LogP contribution in [0.25, 0.3) is 16.7 Å². The molecule has 0 spiro atoms. The van der Waals surface area contributed by atoms with Crippen molar-refractivity contribution >= 4 is 11.0 Å². The second-order valence-corrected chi connectivity index (χ2v) is 7.70. The minimum Gasteiger partial charge on any atom is -0.450 e. The van der Waals surface area contributed by atoms with Crippen molar-refractivity contribution in [1.82, 2.24) is 4.57 Å². The first kappa shape index (κ1) is 15.8. The number of fused-ring (bicyclic) bond motifs is 4. The van der Waals surface area contributed by atoms with Crippen LogP contribution in [0.5, 0.6) is 23.0 Å². The van der Waals surface area contributed by atoms with E-state index >= 15 is 0 Å². The third kappa shape index (κ3) is 2.34. The molecule has 28 heavy (non-hydrogen) atoms. The van der Waals surface area contributed by atoms with Crippen LogP contribution >= 0.6 is 0 Å². The Bertz CT molecular complexity index is 1240. The molecule has 0 N–H and O–H groups in total. The summed E-state index contributed by atoms with van der Waals surface area (Å²) in [6.45, 7) is 0. The van der Waals surface area contributed by atoms with E-state index in [4.69, 9.17) is 9.47 Å². The fraction of sp³-hybridized carbons (Fsp3) is 0.208. The summed E-state index contributed by atoms with van der Waals surface area (Å²) in [6, 6.07) is 18.7. The zero-order valence-electron chi connectivity index (χ0n) is 15.8. The molecule has 4 nitrogen and oxygen atoms in total. The van der Waals surface area contributed by atoms with Crippen LogP contribution in [-0.4, -0.2) is 4.57 Å². The van der Waals surface area contributed by atoms with E-state index in [0.717, 1.165) is 28.7 Å². The molecule has 0 atom stereocenters. The van der Waals surface area contributed by atoms with E-state index in [1.54, 1.807) is 0 Å². The Balaban J connectivity index is 1.48. The number of hydrogen-bond acceptors (Lipinski definition) is 2. The summed E-state index contributed by atoms with van der Waals surface area (Å²) in [5.74, 6) is 3.01. The van der Waals surface area contributed by atoms with Gasteiger partial charge in [0.05, 0.1) is 7.05 Å². The van der Waals surface area contributed by atoms with E-state index in [9.17, 15) is 0 Å². The summed E-state index contributed by atoms with van der Waals surface area (Å²) in [6.07, 6.45) is 7.11. The fourth-order valence-electron chi connectivity index (χ4n) is 4.40. The van der Waals surface area contributed by atoms with Crippen LogP contribution < -0.4 is 14.0 Å². The zero-order valence-corrected chi connectivity index (χ0v) is 15.8. The van der Waals surface area contributed by atoms with Crippen molar-refractivity contribution < 1.29 is 14.0 Å². The first-order valence-corrected chi connectivity index (χ1v) is 9.88. The lowest BCUT2D eigenvalue weighted by atomic mass is 9.91. The fourth-order valence-corrected chi connectivity index (χ4v) is 4.40. The Morgan fingerprint density at radius 3 is 2.25 bits per heavy atom. The van der Waals surface area contributed by atoms with Gasteiger partial charge in [-0.25, -0.2) is 4.57 Å². The molecule has 0 fully saturated rings. The molecule has 138 valence electrons. The monoisotopic (exact) mass is 369 g/mol. The second kappa shape index (κ2) is 5.86. The third-order valence-corrected chi connectivity index (χ3v) is 5.86. The van der Waals surface area contributed by atoms with Gasteiger partial charge in [-0.2, -0.15) is 4.57 Å². The van der Waals surface area contributed by atoms with Gasteiger partial charge in [-0.15, -0.1) is 0 Å². The summed E-state index contributed by atoms with van der Waals surface area (Å²) in [7, 11) is 2.11. The van der Waals surface area contributed by atoms with E-state index in [1.807, 2.05) is 30.3 Å². The number of benzene rings is 3. The van der Waals surface area contributed by atoms with Crippen LogP contribution in [0.1, 0.15) is 24.0 Å². The Hall–Kier alpha value is -3.27. The molecular weight excluding hydrogens is 348 g/mol. The summed E-state index contributed by atoms with van der Waals surface area (Å²) in [5.41, 5.74) is 6.57. The molecule has 4 heteroatoms. The summed E-state index contributed by atoms with van der Waals surface area (Å²) in [4.78, 5) is 0. The molecule has 3 aromatic carbocycles. The SMILES string of the molecule is C[n+]1cn(-c2ccc3c(c2)Oc2ccccc2O3)c2cc3c(cc21)CCCC3. The average molecular weight is 369 g/mol. The number of para-hydroxylation sites is 2. The molecule has 0 unspecified atom stereocenters. The number of aromatic nitrogens is 2. The molecule has 1 aliphatic heterocycles. The predicted octanol–water partition coefficient (Wildman–Crippen LogP) is 5.23. The number of rotatable bonds is 1. The average Bonchev–Trinajstić information content (AvgIpc) is 3.06. The lowest BCUT2D eigenvalue weighted by molar-refractivity contribution is -0.645. The van der Waals surface area contributed by atoms with Crippen LogP contribution in [0.15, 0.2) is 60.9 Å². The van der Waals surface area contributed by atoms with Crippen LogP contribution in [0.4, 0.5) is 0 Å². The highest BCUT2D eigenvalue weighted by molar-refractivity contribution is 5.77. The maximum absolute atomic E-state index is 6.10. The van der Waals surface area contributed by atoms with Gasteiger partial charge in [-0.1, -0.05) is 12.1 Å². The molecule has 6 rings (SSSR count). The van der Waals surface area contributed by atoms with Crippen molar-refractivity contribution in [3.8, 4) is 28.7 Å². The van der Waals surface area contributed by atoms with Gasteiger partial charge in [0.2, 0.25) is 6.33 Å². The summed E-state index contributed by atoms with van der Waals surface area (Å²) in [5, 5.41) is 0. The molecule has 0 saturated heterocycles. The zero-order chi connectivity index (χ0) is 18.7. The highest BCUT2D eigenvalue weighted by Crippen LogP contribution is 2.45. The van der Waals surface area contributed by atoms with Crippen molar-refractivity contribution in [2.24, 2.45) is 7.05 Å². The van der Waals surface area contributed by atoms with Gasteiger partial charge >= 0.3 is 0 Å². The van der Waals surface area contributed by atoms with E-state index in [-0.39, 0.29) is 0 Å². The maximum Gasteiger partial charge on any atom is 0.249 e. The smallest absolute Gasteiger partial charge is 0.249 e. The van der Waals surface area contributed by atoms with Gasteiger partial charge in [0.15, 0.2) is 34.0 Å². The Morgan fingerprint density at radius 2 is 1.46 bits per heavy atom. The standard InChI is InChI=1S/C24H21N2O2/c1-25-15-26(20-13-17-7-3-2-6-16(17)12-19(20)25)18-10-11-23-24(14-18)28-22-9-5-4-8-21(22)27-23/h4-5,8-15H,2-3,6-7H2,1H3/q+1. The predicted molar refractivity (Wildman–Crippen MR) is 108 cm³/mol. The van der Waals surface area contributed by atoms with Gasteiger partial charge in [0.1, 0.15) is 5.69 Å². The summed E-state index contributed by atoms with van der Waals surface area (Å²) >= 11 is 0. The number of ether oxygens (including phenoxy) is 2. The first-order valence-electron chi connectivity index (χ1n) is 9.88. The molecule has 0 radical (unpaired) electrons. The van der Waals surface area contributed by atoms with Crippen LogP contribution in [-0.2, 0) is 19.9 Å². The lowest BCUT2D eigenvalue weighted by Gasteiger charge is -2.20. The molecule has 1 aliphatic carbocycles. The molecule has 0 bridgehead atoms. The Labute approximate surface area is 163 Å². The largest absolute Gasteiger partial charge is 0.450 e. The van der Waals surface area contributed by atoms with Crippen molar-refractivity contribution in [2.75, 3.05) is 0 Å². The van der Waals surface area contributed by atoms with E-state index < -0.39 is 0 Å². The molecule has 0 saturated carbocycles. The van der Waals surface area contributed by atoms with Crippen molar-refractivity contribution in [2.45, 2.75) is 25.7 Å². The minimum atomic E-state index is 0.749. The number of hydrogen-bond donors (Lipinski definition) is 0. The molecule has 2 heterocycles. The van der Waals surface area contributed by atoms with E-state index in [1.165, 1.54) is 47.8 Å². The highest BCUT2D eigenvalue weighted by atomic mass is 16.6. The van der Waals surface area contributed by atoms with Crippen molar-refractivity contribution in [1.29, 1.82) is 0 Å². The highest BCUT2D eigenvalue weighted by Gasteiger charge is 2.23. The quantitative estimate of drug-likeness (QED) is 0.378. The van der Waals surface area contributed by atoms with Crippen LogP contribution in [0.3, 0.4) is 0 Å². The molecular formula is C24H21N2O2+. The molecule has 2 aliphatic rings. The molecule has 1 aromatic heterocycles. The first-order chi connectivity index (χ1) is 13.8. The lowest BCUT2D eigenvalue weighted by Crippen LogP contribution is -2.25. The number of imidazole rings is 1. The van der Waals surface area contributed by atoms with Gasteiger partial charge in [0.25, 0.3) is 0 Å². The normalized spacial score (nSPS) is 14.6. The van der Waals surface area contributed by atoms with Gasteiger partial charge in [0, 0.05) is 6.07 Å². The van der Waals surface area contributed by atoms with Gasteiger partial charge in [-0.05, 0) is 73.2 Å². The minimum absolute atomic E-state index is 0.749. The van der Waals surface area contributed by atoms with E-state index in [2.05, 4.69) is 46.8 Å². The maximum atomic E-state index is 6.10. The van der Waals surface area contributed by atoms with Gasteiger partial charge in [-0.3, -0.25) is 0 Å². The summed E-state index contributed by atoms with van der Waals surface area (Å²) < 4.78 is 16.5. The van der Waals surface area contributed by atoms with Crippen molar-refractivity contribution in [3.63, 3.8) is 0 Å². The van der Waals surface area contributed by atoms with E-state index in [0.29, 0.717) is 0 Å². The molecule has 0 amide bonds. The Kier molecular flexibility index (Phi) is 3.30. The number of aryl methyl sites for hydroxylation is 3. The second-order valence-electron chi connectivity index (χ2n) is 7.70. The molecule has 4 aromatic rings. The third-order valence-electron chi connectivity index (χ3n) is 5.86. The Morgan fingerprint density at radius 1 is 0.786 bits per heavy atom.